The van der Waals surface area contributed by atoms with Crippen LogP contribution in [0.25, 0.3) is 11.3 Å². The topological polar surface area (TPSA) is 62.5 Å². The Morgan fingerprint density at radius 3 is 2.32 bits per heavy atom. The zero-order valence-electron chi connectivity index (χ0n) is 14.7. The maximum absolute atomic E-state index is 10.9. The molecule has 0 saturated carbocycles. The van der Waals surface area contributed by atoms with Crippen molar-refractivity contribution in [3.05, 3.63) is 68.0 Å². The van der Waals surface area contributed by atoms with E-state index in [1.807, 2.05) is 24.3 Å². The molecular formula is C19H16Cl2N4O2S. The zero-order chi connectivity index (χ0) is 19.7. The Balaban J connectivity index is 1.43. The van der Waals surface area contributed by atoms with Crippen LogP contribution in [0.5, 0.6) is 0 Å². The van der Waals surface area contributed by atoms with Crippen LogP contribution in [-0.2, 0) is 0 Å². The molecule has 9 heteroatoms. The first-order valence-corrected chi connectivity index (χ1v) is 10.3. The third kappa shape index (κ3) is 3.92. The molecular weight excluding hydrogens is 419 g/mol. The number of nitro groups is 1. The van der Waals surface area contributed by atoms with Crippen molar-refractivity contribution in [1.82, 2.24) is 4.98 Å². The Hall–Kier alpha value is -2.35. The highest BCUT2D eigenvalue weighted by atomic mass is 35.5. The smallest absolute Gasteiger partial charge is 0.271 e. The summed E-state index contributed by atoms with van der Waals surface area (Å²) in [6.07, 6.45) is 0. The van der Waals surface area contributed by atoms with E-state index in [0.717, 1.165) is 48.3 Å². The monoisotopic (exact) mass is 434 g/mol. The lowest BCUT2D eigenvalue weighted by atomic mass is 10.2. The number of benzene rings is 2. The number of thiazole rings is 1. The van der Waals surface area contributed by atoms with E-state index in [9.17, 15) is 10.1 Å². The molecule has 0 radical (unpaired) electrons. The molecule has 1 saturated heterocycles. The highest BCUT2D eigenvalue weighted by Crippen LogP contribution is 2.32. The molecule has 28 heavy (non-hydrogen) atoms. The molecule has 0 unspecified atom stereocenters. The van der Waals surface area contributed by atoms with Gasteiger partial charge in [0.25, 0.3) is 5.69 Å². The minimum atomic E-state index is -0.436. The average molecular weight is 435 g/mol. The summed E-state index contributed by atoms with van der Waals surface area (Å²) >= 11 is 13.8. The SMILES string of the molecule is O=[N+]([O-])c1ccc(N2CCN(c3nc(-c4ccc(Cl)cc4)cs3)CC2)c(Cl)c1. The lowest BCUT2D eigenvalue weighted by Crippen LogP contribution is -2.46. The number of anilines is 2. The standard InChI is InChI=1S/C19H16Cl2N4O2S/c20-14-3-1-13(2-4-14)17-12-28-19(22-17)24-9-7-23(8-10-24)18-6-5-15(25(26)27)11-16(18)21/h1-6,11-12H,7-10H2. The van der Waals surface area contributed by atoms with E-state index in [-0.39, 0.29) is 5.69 Å². The normalized spacial score (nSPS) is 14.4. The Labute approximate surface area is 176 Å². The summed E-state index contributed by atoms with van der Waals surface area (Å²) in [7, 11) is 0. The molecule has 2 heterocycles. The molecule has 6 nitrogen and oxygen atoms in total. The van der Waals surface area contributed by atoms with Gasteiger partial charge < -0.3 is 9.80 Å². The quantitative estimate of drug-likeness (QED) is 0.408. The maximum Gasteiger partial charge on any atom is 0.271 e. The van der Waals surface area contributed by atoms with Crippen LogP contribution in [0.2, 0.25) is 10.0 Å². The Morgan fingerprint density at radius 2 is 1.68 bits per heavy atom. The number of non-ortho nitro benzene ring substituents is 1. The molecule has 0 N–H and O–H groups in total. The summed E-state index contributed by atoms with van der Waals surface area (Å²) in [4.78, 5) is 19.6. The van der Waals surface area contributed by atoms with Crippen LogP contribution in [-0.4, -0.2) is 36.1 Å². The van der Waals surface area contributed by atoms with E-state index in [1.54, 1.807) is 17.4 Å². The highest BCUT2D eigenvalue weighted by Gasteiger charge is 2.22. The van der Waals surface area contributed by atoms with Gasteiger partial charge in [-0.25, -0.2) is 4.98 Å². The second-order valence-corrected chi connectivity index (χ2v) is 8.07. The van der Waals surface area contributed by atoms with Gasteiger partial charge in [0.05, 0.1) is 21.3 Å². The highest BCUT2D eigenvalue weighted by molar-refractivity contribution is 7.14. The van der Waals surface area contributed by atoms with E-state index in [2.05, 4.69) is 15.2 Å². The predicted molar refractivity (Wildman–Crippen MR) is 115 cm³/mol. The Morgan fingerprint density at radius 1 is 1.00 bits per heavy atom. The van der Waals surface area contributed by atoms with Gasteiger partial charge in [0, 0.05) is 54.3 Å². The van der Waals surface area contributed by atoms with Gasteiger partial charge in [-0.1, -0.05) is 35.3 Å². The third-order valence-electron chi connectivity index (χ3n) is 4.67. The fourth-order valence-electron chi connectivity index (χ4n) is 3.17. The van der Waals surface area contributed by atoms with E-state index in [0.29, 0.717) is 10.0 Å². The number of nitrogens with zero attached hydrogens (tertiary/aromatic N) is 4. The van der Waals surface area contributed by atoms with Crippen LogP contribution in [0.4, 0.5) is 16.5 Å². The van der Waals surface area contributed by atoms with E-state index in [4.69, 9.17) is 28.2 Å². The van der Waals surface area contributed by atoms with Crippen molar-refractivity contribution in [2.45, 2.75) is 0 Å². The summed E-state index contributed by atoms with van der Waals surface area (Å²) in [6.45, 7) is 3.16. The van der Waals surface area contributed by atoms with Crippen molar-refractivity contribution in [1.29, 1.82) is 0 Å². The van der Waals surface area contributed by atoms with Crippen molar-refractivity contribution >= 4 is 51.0 Å². The average Bonchev–Trinajstić information content (AvgIpc) is 3.19. The third-order valence-corrected chi connectivity index (χ3v) is 6.12. The number of aromatic nitrogens is 1. The van der Waals surface area contributed by atoms with Crippen LogP contribution < -0.4 is 9.80 Å². The van der Waals surface area contributed by atoms with Crippen LogP contribution in [0.3, 0.4) is 0 Å². The number of nitro benzene ring substituents is 1. The van der Waals surface area contributed by atoms with Crippen molar-refractivity contribution in [3.8, 4) is 11.3 Å². The molecule has 1 fully saturated rings. The number of hydrogen-bond donors (Lipinski definition) is 0. The van der Waals surface area contributed by atoms with Crippen LogP contribution in [0.1, 0.15) is 0 Å². The second kappa shape index (κ2) is 7.95. The predicted octanol–water partition coefficient (Wildman–Crippen LogP) is 5.35. The van der Waals surface area contributed by atoms with Gasteiger partial charge in [-0.3, -0.25) is 10.1 Å². The molecule has 0 amide bonds. The minimum Gasteiger partial charge on any atom is -0.367 e. The lowest BCUT2D eigenvalue weighted by Gasteiger charge is -2.36. The van der Waals surface area contributed by atoms with Crippen LogP contribution in [0, 0.1) is 10.1 Å². The van der Waals surface area contributed by atoms with Crippen molar-refractivity contribution in [2.24, 2.45) is 0 Å². The van der Waals surface area contributed by atoms with E-state index >= 15 is 0 Å². The molecule has 1 aromatic heterocycles. The van der Waals surface area contributed by atoms with Crippen molar-refractivity contribution in [2.75, 3.05) is 36.0 Å². The van der Waals surface area contributed by atoms with Gasteiger partial charge in [-0.2, -0.15) is 0 Å². The summed E-state index contributed by atoms with van der Waals surface area (Å²) in [6, 6.07) is 12.3. The first-order chi connectivity index (χ1) is 13.5. The number of hydrogen-bond acceptors (Lipinski definition) is 6. The van der Waals surface area contributed by atoms with Crippen molar-refractivity contribution < 1.29 is 4.92 Å². The summed E-state index contributed by atoms with van der Waals surface area (Å²) in [5.74, 6) is 0. The molecule has 4 rings (SSSR count). The lowest BCUT2D eigenvalue weighted by molar-refractivity contribution is -0.384. The molecule has 2 aromatic carbocycles. The fraction of sp³-hybridized carbons (Fsp3) is 0.211. The molecule has 144 valence electrons. The van der Waals surface area contributed by atoms with E-state index in [1.165, 1.54) is 12.1 Å². The number of piperazine rings is 1. The number of halogens is 2. The Bertz CT molecular complexity index is 1000. The molecule has 1 aliphatic heterocycles. The molecule has 0 aliphatic carbocycles. The van der Waals surface area contributed by atoms with E-state index < -0.39 is 4.92 Å². The van der Waals surface area contributed by atoms with Gasteiger partial charge >= 0.3 is 0 Å². The second-order valence-electron chi connectivity index (χ2n) is 6.39. The zero-order valence-corrected chi connectivity index (χ0v) is 17.0. The molecule has 3 aromatic rings. The molecule has 0 spiro atoms. The van der Waals surface area contributed by atoms with Gasteiger partial charge in [0.2, 0.25) is 0 Å². The number of rotatable bonds is 4. The summed E-state index contributed by atoms with van der Waals surface area (Å²) < 4.78 is 0. The molecule has 0 bridgehead atoms. The van der Waals surface area contributed by atoms with Gasteiger partial charge in [0.1, 0.15) is 0 Å². The van der Waals surface area contributed by atoms with Crippen LogP contribution in [0.15, 0.2) is 47.8 Å². The van der Waals surface area contributed by atoms with Gasteiger partial charge in [-0.05, 0) is 18.2 Å². The molecule has 1 aliphatic rings. The largest absolute Gasteiger partial charge is 0.367 e. The van der Waals surface area contributed by atoms with Gasteiger partial charge in [0.15, 0.2) is 5.13 Å². The van der Waals surface area contributed by atoms with Crippen LogP contribution >= 0.6 is 34.5 Å². The fourth-order valence-corrected chi connectivity index (χ4v) is 4.48. The summed E-state index contributed by atoms with van der Waals surface area (Å²) in [5, 5.41) is 15.0. The Kier molecular flexibility index (Phi) is 5.39. The first-order valence-electron chi connectivity index (χ1n) is 8.66. The summed E-state index contributed by atoms with van der Waals surface area (Å²) in [5.41, 5.74) is 2.82. The maximum atomic E-state index is 10.9. The minimum absolute atomic E-state index is 0.00454. The van der Waals surface area contributed by atoms with Crippen molar-refractivity contribution in [3.63, 3.8) is 0 Å². The molecule has 0 atom stereocenters. The van der Waals surface area contributed by atoms with Gasteiger partial charge in [-0.15, -0.1) is 11.3 Å². The first kappa shape index (κ1) is 19.0.